The second-order valence-electron chi connectivity index (χ2n) is 9.92. The van der Waals surface area contributed by atoms with Crippen molar-refractivity contribution in [3.8, 4) is 0 Å². The summed E-state index contributed by atoms with van der Waals surface area (Å²) in [5.74, 6) is -0.826. The monoisotopic (exact) mass is 551 g/mol. The molecular formula is C32H30FN5O3. The Morgan fingerprint density at radius 1 is 0.829 bits per heavy atom. The van der Waals surface area contributed by atoms with Crippen molar-refractivity contribution < 1.29 is 18.8 Å². The Morgan fingerprint density at radius 2 is 1.51 bits per heavy atom. The number of halogens is 1. The topological polar surface area (TPSA) is 95.5 Å². The van der Waals surface area contributed by atoms with Gasteiger partial charge in [0, 0.05) is 60.0 Å². The number of hydrogen-bond acceptors (Lipinski definition) is 6. The van der Waals surface area contributed by atoms with Crippen LogP contribution < -0.4 is 10.2 Å². The number of ketones is 1. The van der Waals surface area contributed by atoms with Crippen LogP contribution in [0.4, 0.5) is 15.8 Å². The summed E-state index contributed by atoms with van der Waals surface area (Å²) in [5.41, 5.74) is 2.79. The quantitative estimate of drug-likeness (QED) is 0.291. The highest BCUT2D eigenvalue weighted by Crippen LogP contribution is 2.23. The number of Topliss-reactive ketones (excluding diaryl/α,β-unsaturated/α-hetero) is 1. The van der Waals surface area contributed by atoms with E-state index in [1.54, 1.807) is 84.3 Å². The van der Waals surface area contributed by atoms with E-state index in [2.05, 4.69) is 20.2 Å². The van der Waals surface area contributed by atoms with Crippen molar-refractivity contribution in [3.63, 3.8) is 0 Å². The number of carbonyl (C=O) groups is 3. The minimum atomic E-state index is -0.354. The van der Waals surface area contributed by atoms with E-state index in [-0.39, 0.29) is 29.3 Å². The van der Waals surface area contributed by atoms with Crippen LogP contribution in [0, 0.1) is 11.7 Å². The molecule has 3 heterocycles. The molecule has 2 aromatic heterocycles. The molecule has 8 nitrogen and oxygen atoms in total. The first-order valence-corrected chi connectivity index (χ1v) is 13.5. The molecule has 0 saturated carbocycles. The lowest BCUT2D eigenvalue weighted by Gasteiger charge is -2.33. The van der Waals surface area contributed by atoms with Crippen LogP contribution in [0.15, 0.2) is 97.6 Å². The fraction of sp³-hybridized carbons (Fsp3) is 0.219. The van der Waals surface area contributed by atoms with Gasteiger partial charge in [-0.25, -0.2) is 4.39 Å². The molecule has 0 spiro atoms. The number of rotatable bonds is 9. The van der Waals surface area contributed by atoms with Crippen molar-refractivity contribution in [2.75, 3.05) is 36.4 Å². The number of anilines is 2. The number of likely N-dealkylation sites (tertiary alicyclic amines) is 1. The van der Waals surface area contributed by atoms with Crippen LogP contribution in [0.5, 0.6) is 0 Å². The highest BCUT2D eigenvalue weighted by atomic mass is 19.1. The van der Waals surface area contributed by atoms with Crippen LogP contribution in [-0.4, -0.2) is 58.6 Å². The largest absolute Gasteiger partial charge is 0.322 e. The summed E-state index contributed by atoms with van der Waals surface area (Å²) >= 11 is 0. The number of nitrogens with one attached hydrogen (secondary N) is 1. The molecule has 5 rings (SSSR count). The van der Waals surface area contributed by atoms with Gasteiger partial charge in [-0.15, -0.1) is 0 Å². The number of pyridine rings is 2. The van der Waals surface area contributed by atoms with Crippen molar-refractivity contribution in [1.82, 2.24) is 14.9 Å². The van der Waals surface area contributed by atoms with Crippen LogP contribution in [0.2, 0.25) is 0 Å². The first kappa shape index (κ1) is 27.8. The Kier molecular flexibility index (Phi) is 8.85. The summed E-state index contributed by atoms with van der Waals surface area (Å²) in [6.45, 7) is 2.55. The number of hydrogen-bond donors (Lipinski definition) is 1. The van der Waals surface area contributed by atoms with Gasteiger partial charge in [0.05, 0.1) is 11.9 Å². The maximum atomic E-state index is 13.6. The molecule has 208 valence electrons. The molecule has 41 heavy (non-hydrogen) atoms. The summed E-state index contributed by atoms with van der Waals surface area (Å²) in [4.78, 5) is 51.0. The molecule has 1 saturated heterocycles. The standard InChI is InChI=1S/C32H30FN5O3/c33-27-7-3-23(4-8-27)30(39)24-13-18-37(19-14-24)20-21-38(29-2-1-15-35-22-29)32(41)26-5-9-28(10-6-26)36-31(40)25-11-16-34-17-12-25/h1-12,15-17,22,24H,13-14,18-21H2,(H,36,40). The van der Waals surface area contributed by atoms with Crippen LogP contribution in [0.1, 0.15) is 43.9 Å². The van der Waals surface area contributed by atoms with Crippen molar-refractivity contribution in [2.24, 2.45) is 5.92 Å². The van der Waals surface area contributed by atoms with Gasteiger partial charge >= 0.3 is 0 Å². The third-order valence-corrected chi connectivity index (χ3v) is 7.26. The fourth-order valence-electron chi connectivity index (χ4n) is 4.93. The van der Waals surface area contributed by atoms with Gasteiger partial charge in [-0.1, -0.05) is 0 Å². The van der Waals surface area contributed by atoms with Gasteiger partial charge in [0.2, 0.25) is 0 Å². The average Bonchev–Trinajstić information content (AvgIpc) is 3.02. The lowest BCUT2D eigenvalue weighted by Crippen LogP contribution is -2.43. The van der Waals surface area contributed by atoms with Gasteiger partial charge < -0.3 is 15.1 Å². The zero-order valence-corrected chi connectivity index (χ0v) is 22.4. The molecule has 1 fully saturated rings. The Labute approximate surface area is 237 Å². The first-order valence-electron chi connectivity index (χ1n) is 13.5. The zero-order chi connectivity index (χ0) is 28.6. The number of piperidine rings is 1. The Hall–Kier alpha value is -4.76. The van der Waals surface area contributed by atoms with Gasteiger partial charge in [-0.05, 0) is 98.7 Å². The number of nitrogens with zero attached hydrogens (tertiary/aromatic N) is 4. The zero-order valence-electron chi connectivity index (χ0n) is 22.4. The van der Waals surface area contributed by atoms with Gasteiger partial charge in [-0.2, -0.15) is 0 Å². The molecule has 1 aliphatic heterocycles. The van der Waals surface area contributed by atoms with Crippen LogP contribution >= 0.6 is 0 Å². The Balaban J connectivity index is 1.20. The first-order chi connectivity index (χ1) is 20.0. The van der Waals surface area contributed by atoms with Gasteiger partial charge in [0.1, 0.15) is 5.82 Å². The summed E-state index contributed by atoms with van der Waals surface area (Å²) < 4.78 is 13.2. The maximum absolute atomic E-state index is 13.6. The average molecular weight is 552 g/mol. The molecule has 0 aliphatic carbocycles. The molecular weight excluding hydrogens is 521 g/mol. The number of amides is 2. The minimum absolute atomic E-state index is 0.0530. The molecule has 0 atom stereocenters. The van der Waals surface area contributed by atoms with Crippen molar-refractivity contribution in [1.29, 1.82) is 0 Å². The second kappa shape index (κ2) is 13.1. The number of benzene rings is 2. The molecule has 0 radical (unpaired) electrons. The van der Waals surface area contributed by atoms with E-state index < -0.39 is 0 Å². The van der Waals surface area contributed by atoms with Crippen LogP contribution in [-0.2, 0) is 0 Å². The molecule has 1 aliphatic rings. The highest BCUT2D eigenvalue weighted by molar-refractivity contribution is 6.07. The minimum Gasteiger partial charge on any atom is -0.322 e. The van der Waals surface area contributed by atoms with E-state index in [9.17, 15) is 18.8 Å². The van der Waals surface area contributed by atoms with Crippen LogP contribution in [0.25, 0.3) is 0 Å². The summed E-state index contributed by atoms with van der Waals surface area (Å²) in [6, 6.07) is 19.4. The third-order valence-electron chi connectivity index (χ3n) is 7.26. The normalized spacial score (nSPS) is 13.9. The predicted molar refractivity (Wildman–Crippen MR) is 154 cm³/mol. The molecule has 0 bridgehead atoms. The Bertz CT molecular complexity index is 1470. The van der Waals surface area contributed by atoms with Gasteiger partial charge in [0.15, 0.2) is 5.78 Å². The smallest absolute Gasteiger partial charge is 0.258 e. The lowest BCUT2D eigenvalue weighted by atomic mass is 9.89. The predicted octanol–water partition coefficient (Wildman–Crippen LogP) is 5.11. The van der Waals surface area contributed by atoms with E-state index in [0.717, 1.165) is 13.1 Å². The molecule has 2 aromatic carbocycles. The van der Waals surface area contributed by atoms with E-state index in [1.807, 2.05) is 6.07 Å². The van der Waals surface area contributed by atoms with Crippen molar-refractivity contribution in [3.05, 3.63) is 120 Å². The van der Waals surface area contributed by atoms with E-state index in [1.165, 1.54) is 12.1 Å². The van der Waals surface area contributed by atoms with Gasteiger partial charge in [-0.3, -0.25) is 24.4 Å². The third kappa shape index (κ3) is 7.06. The second-order valence-corrected chi connectivity index (χ2v) is 9.92. The molecule has 2 amide bonds. The van der Waals surface area contributed by atoms with Gasteiger partial charge in [0.25, 0.3) is 11.8 Å². The fourth-order valence-corrected chi connectivity index (χ4v) is 4.93. The van der Waals surface area contributed by atoms with Crippen molar-refractivity contribution in [2.45, 2.75) is 12.8 Å². The summed E-state index contributed by atoms with van der Waals surface area (Å²) in [6.07, 6.45) is 7.86. The molecule has 9 heteroatoms. The van der Waals surface area contributed by atoms with E-state index in [0.29, 0.717) is 54.0 Å². The SMILES string of the molecule is O=C(Nc1ccc(C(=O)N(CCN2CCC(C(=O)c3ccc(F)cc3)CC2)c2cccnc2)cc1)c1ccncc1. The Morgan fingerprint density at radius 3 is 2.17 bits per heavy atom. The lowest BCUT2D eigenvalue weighted by molar-refractivity contribution is 0.0841. The number of aromatic nitrogens is 2. The van der Waals surface area contributed by atoms with Crippen LogP contribution in [0.3, 0.4) is 0 Å². The van der Waals surface area contributed by atoms with E-state index in [4.69, 9.17) is 0 Å². The molecule has 4 aromatic rings. The maximum Gasteiger partial charge on any atom is 0.258 e. The van der Waals surface area contributed by atoms with Crippen molar-refractivity contribution >= 4 is 29.0 Å². The van der Waals surface area contributed by atoms with E-state index >= 15 is 0 Å². The molecule has 0 unspecified atom stereocenters. The highest BCUT2D eigenvalue weighted by Gasteiger charge is 2.27. The summed E-state index contributed by atoms with van der Waals surface area (Å²) in [7, 11) is 0. The molecule has 1 N–H and O–H groups in total. The summed E-state index contributed by atoms with van der Waals surface area (Å²) in [5, 5.41) is 2.83. The number of carbonyl (C=O) groups excluding carboxylic acids is 3.